The summed E-state index contributed by atoms with van der Waals surface area (Å²) in [6.45, 7) is 4.35. The van der Waals surface area contributed by atoms with Crippen molar-refractivity contribution < 1.29 is 0 Å². The van der Waals surface area contributed by atoms with Crippen LogP contribution in [0.3, 0.4) is 0 Å². The Morgan fingerprint density at radius 3 is 2.39 bits per heavy atom. The molecule has 2 aromatic rings. The van der Waals surface area contributed by atoms with Gasteiger partial charge in [0.05, 0.1) is 23.3 Å². The highest BCUT2D eigenvalue weighted by Crippen LogP contribution is 2.48. The van der Waals surface area contributed by atoms with E-state index < -0.39 is 0 Å². The molecule has 0 saturated carbocycles. The van der Waals surface area contributed by atoms with E-state index in [1.165, 1.54) is 5.56 Å². The fourth-order valence-electron chi connectivity index (χ4n) is 3.09. The van der Waals surface area contributed by atoms with Gasteiger partial charge < -0.3 is 0 Å². The largest absolute Gasteiger partial charge is 0.192 e. The van der Waals surface area contributed by atoms with Crippen LogP contribution in [0.4, 0.5) is 0 Å². The quantitative estimate of drug-likeness (QED) is 0.693. The molecule has 0 radical (unpaired) electrons. The smallest absolute Gasteiger partial charge is 0.0998 e. The average molecular weight is 232 g/mol. The molecule has 18 heavy (non-hydrogen) atoms. The highest BCUT2D eigenvalue weighted by molar-refractivity contribution is 5.97. The average Bonchev–Trinajstić information content (AvgIpc) is 2.67. The SMILES string of the molecule is C[C@@H]1c2cccc3c(C#N)cc(C#N)c(c23)[C@@H]1C. The predicted molar refractivity (Wildman–Crippen MR) is 70.2 cm³/mol. The lowest BCUT2D eigenvalue weighted by Gasteiger charge is -2.12. The molecule has 0 unspecified atom stereocenters. The van der Waals surface area contributed by atoms with E-state index in [4.69, 9.17) is 0 Å². The third-order valence-electron chi connectivity index (χ3n) is 4.17. The maximum Gasteiger partial charge on any atom is 0.0998 e. The minimum absolute atomic E-state index is 0.340. The van der Waals surface area contributed by atoms with Crippen molar-refractivity contribution in [1.29, 1.82) is 10.5 Å². The van der Waals surface area contributed by atoms with Gasteiger partial charge in [-0.3, -0.25) is 0 Å². The molecule has 2 nitrogen and oxygen atoms in total. The summed E-state index contributed by atoms with van der Waals surface area (Å²) < 4.78 is 0. The summed E-state index contributed by atoms with van der Waals surface area (Å²) in [5.41, 5.74) is 3.65. The van der Waals surface area contributed by atoms with Gasteiger partial charge in [0.25, 0.3) is 0 Å². The van der Waals surface area contributed by atoms with Crippen LogP contribution in [0.1, 0.15) is 47.9 Å². The van der Waals surface area contributed by atoms with E-state index in [1.54, 1.807) is 6.07 Å². The molecule has 2 atom stereocenters. The molecule has 1 aliphatic carbocycles. The summed E-state index contributed by atoms with van der Waals surface area (Å²) in [6.07, 6.45) is 0. The van der Waals surface area contributed by atoms with Gasteiger partial charge in [0, 0.05) is 5.39 Å². The maximum absolute atomic E-state index is 9.30. The standard InChI is InChI=1S/C16H12N2/c1-9-10(2)15-12(8-18)6-11(7-17)14-5-3-4-13(9)16(14)15/h3-6,9-10H,1-2H3/t9-,10+/m0/s1. The Labute approximate surface area is 106 Å². The summed E-state index contributed by atoms with van der Waals surface area (Å²) in [7, 11) is 0. The summed E-state index contributed by atoms with van der Waals surface area (Å²) >= 11 is 0. The number of hydrogen-bond donors (Lipinski definition) is 0. The van der Waals surface area contributed by atoms with Gasteiger partial charge in [-0.15, -0.1) is 0 Å². The lowest BCUT2D eigenvalue weighted by Crippen LogP contribution is -1.98. The van der Waals surface area contributed by atoms with E-state index in [0.29, 0.717) is 23.0 Å². The molecule has 0 aliphatic heterocycles. The first-order valence-corrected chi connectivity index (χ1v) is 6.08. The third-order valence-corrected chi connectivity index (χ3v) is 4.17. The second kappa shape index (κ2) is 3.59. The summed E-state index contributed by atoms with van der Waals surface area (Å²) in [5.74, 6) is 0.747. The zero-order chi connectivity index (χ0) is 12.9. The minimum Gasteiger partial charge on any atom is -0.192 e. The van der Waals surface area contributed by atoms with Gasteiger partial charge in [-0.25, -0.2) is 0 Å². The Balaban J connectivity index is 2.57. The van der Waals surface area contributed by atoms with E-state index >= 15 is 0 Å². The molecule has 0 fully saturated rings. The molecule has 2 aromatic carbocycles. The first-order chi connectivity index (χ1) is 8.69. The normalized spacial score (nSPS) is 20.7. The van der Waals surface area contributed by atoms with E-state index in [2.05, 4.69) is 32.1 Å². The number of nitrogens with zero attached hydrogens (tertiary/aromatic N) is 2. The van der Waals surface area contributed by atoms with E-state index in [-0.39, 0.29) is 0 Å². The second-order valence-corrected chi connectivity index (χ2v) is 4.96. The van der Waals surface area contributed by atoms with Crippen molar-refractivity contribution in [1.82, 2.24) is 0 Å². The molecule has 0 aromatic heterocycles. The first-order valence-electron chi connectivity index (χ1n) is 6.08. The zero-order valence-corrected chi connectivity index (χ0v) is 10.4. The molecule has 3 rings (SSSR count). The van der Waals surface area contributed by atoms with Gasteiger partial charge in [0.2, 0.25) is 0 Å². The first kappa shape index (κ1) is 10.8. The molecule has 0 spiro atoms. The molecule has 0 N–H and O–H groups in total. The fourth-order valence-corrected chi connectivity index (χ4v) is 3.09. The fraction of sp³-hybridized carbons (Fsp3) is 0.250. The molecule has 0 heterocycles. The summed E-state index contributed by atoms with van der Waals surface area (Å²) in [5, 5.41) is 20.6. The molecule has 86 valence electrons. The Morgan fingerprint density at radius 2 is 1.72 bits per heavy atom. The van der Waals surface area contributed by atoms with Gasteiger partial charge in [0.1, 0.15) is 0 Å². The maximum atomic E-state index is 9.30. The number of benzene rings is 2. The summed E-state index contributed by atoms with van der Waals surface area (Å²) in [6, 6.07) is 12.3. The molecule has 0 saturated heterocycles. The molecule has 2 heteroatoms. The van der Waals surface area contributed by atoms with Crippen LogP contribution in [0.25, 0.3) is 10.8 Å². The molecular weight excluding hydrogens is 220 g/mol. The van der Waals surface area contributed by atoms with Crippen molar-refractivity contribution in [3.8, 4) is 12.1 Å². The van der Waals surface area contributed by atoms with Crippen molar-refractivity contribution in [3.05, 3.63) is 46.5 Å². The van der Waals surface area contributed by atoms with Crippen LogP contribution in [0, 0.1) is 22.7 Å². The Hall–Kier alpha value is -2.32. The zero-order valence-electron chi connectivity index (χ0n) is 10.4. The molecular formula is C16H12N2. The molecule has 0 amide bonds. The lowest BCUT2D eigenvalue weighted by molar-refractivity contribution is 0.654. The van der Waals surface area contributed by atoms with Crippen molar-refractivity contribution in [2.45, 2.75) is 25.7 Å². The van der Waals surface area contributed by atoms with Crippen molar-refractivity contribution >= 4 is 10.8 Å². The third kappa shape index (κ3) is 1.15. The molecule has 1 aliphatic rings. The van der Waals surface area contributed by atoms with Crippen LogP contribution in [0.15, 0.2) is 24.3 Å². The van der Waals surface area contributed by atoms with E-state index in [9.17, 15) is 10.5 Å². The highest BCUT2D eigenvalue weighted by Gasteiger charge is 2.31. The topological polar surface area (TPSA) is 47.6 Å². The predicted octanol–water partition coefficient (Wildman–Crippen LogP) is 3.80. The van der Waals surface area contributed by atoms with Gasteiger partial charge in [-0.1, -0.05) is 32.0 Å². The number of nitriles is 2. The van der Waals surface area contributed by atoms with Crippen LogP contribution in [-0.2, 0) is 0 Å². The minimum atomic E-state index is 0.340. The van der Waals surface area contributed by atoms with Gasteiger partial charge >= 0.3 is 0 Å². The van der Waals surface area contributed by atoms with Crippen LogP contribution in [0.5, 0.6) is 0 Å². The number of rotatable bonds is 0. The second-order valence-electron chi connectivity index (χ2n) is 4.96. The highest BCUT2D eigenvalue weighted by atomic mass is 14.4. The van der Waals surface area contributed by atoms with Gasteiger partial charge in [-0.2, -0.15) is 10.5 Å². The number of hydrogen-bond acceptors (Lipinski definition) is 2. The van der Waals surface area contributed by atoms with Crippen molar-refractivity contribution in [2.75, 3.05) is 0 Å². The van der Waals surface area contributed by atoms with E-state index in [1.807, 2.05) is 12.1 Å². The van der Waals surface area contributed by atoms with E-state index in [0.717, 1.165) is 16.3 Å². The molecule has 0 bridgehead atoms. The summed E-state index contributed by atoms with van der Waals surface area (Å²) in [4.78, 5) is 0. The Morgan fingerprint density at radius 1 is 1.00 bits per heavy atom. The Bertz CT molecular complexity index is 744. The van der Waals surface area contributed by atoms with Gasteiger partial charge in [0.15, 0.2) is 0 Å². The monoisotopic (exact) mass is 232 g/mol. The van der Waals surface area contributed by atoms with Gasteiger partial charge in [-0.05, 0) is 34.4 Å². The Kier molecular flexibility index (Phi) is 2.15. The van der Waals surface area contributed by atoms with Crippen LogP contribution in [-0.4, -0.2) is 0 Å². The van der Waals surface area contributed by atoms with Crippen molar-refractivity contribution in [3.63, 3.8) is 0 Å². The van der Waals surface area contributed by atoms with Crippen LogP contribution in [0.2, 0.25) is 0 Å². The van der Waals surface area contributed by atoms with Crippen molar-refractivity contribution in [2.24, 2.45) is 0 Å². The van der Waals surface area contributed by atoms with Crippen LogP contribution < -0.4 is 0 Å². The lowest BCUT2D eigenvalue weighted by atomic mass is 9.91. The van der Waals surface area contributed by atoms with Crippen LogP contribution >= 0.6 is 0 Å².